The Kier molecular flexibility index (Phi) is 6.94. The summed E-state index contributed by atoms with van der Waals surface area (Å²) in [7, 11) is 0. The Bertz CT molecular complexity index is 487. The van der Waals surface area contributed by atoms with Crippen molar-refractivity contribution < 1.29 is 9.90 Å². The molecule has 1 amide bonds. The van der Waals surface area contributed by atoms with Gasteiger partial charge >= 0.3 is 0 Å². The SMILES string of the molecule is CC(C)(C)NC(=O)CCNCC(O)c1cc(Cl)ccc1Cl. The van der Waals surface area contributed by atoms with Gasteiger partial charge in [0.1, 0.15) is 0 Å². The van der Waals surface area contributed by atoms with Crippen molar-refractivity contribution in [3.05, 3.63) is 33.8 Å². The minimum atomic E-state index is -0.762. The summed E-state index contributed by atoms with van der Waals surface area (Å²) < 4.78 is 0. The van der Waals surface area contributed by atoms with Gasteiger partial charge in [-0.3, -0.25) is 4.79 Å². The molecule has 6 heteroatoms. The van der Waals surface area contributed by atoms with Gasteiger partial charge in [0.15, 0.2) is 0 Å². The van der Waals surface area contributed by atoms with Gasteiger partial charge in [-0.1, -0.05) is 23.2 Å². The van der Waals surface area contributed by atoms with Crippen LogP contribution in [0.25, 0.3) is 0 Å². The highest BCUT2D eigenvalue weighted by molar-refractivity contribution is 6.33. The molecule has 0 bridgehead atoms. The van der Waals surface area contributed by atoms with Crippen molar-refractivity contribution in [1.29, 1.82) is 0 Å². The number of hydrogen-bond acceptors (Lipinski definition) is 3. The smallest absolute Gasteiger partial charge is 0.221 e. The van der Waals surface area contributed by atoms with Crippen LogP contribution in [0.1, 0.15) is 38.9 Å². The van der Waals surface area contributed by atoms with E-state index in [2.05, 4.69) is 10.6 Å². The van der Waals surface area contributed by atoms with Crippen molar-refractivity contribution in [2.24, 2.45) is 0 Å². The maximum atomic E-state index is 11.6. The third-order valence-corrected chi connectivity index (χ3v) is 3.28. The van der Waals surface area contributed by atoms with Crippen LogP contribution in [0.15, 0.2) is 18.2 Å². The van der Waals surface area contributed by atoms with E-state index in [9.17, 15) is 9.90 Å². The monoisotopic (exact) mass is 332 g/mol. The molecule has 3 N–H and O–H groups in total. The number of aliphatic hydroxyl groups excluding tert-OH is 1. The maximum Gasteiger partial charge on any atom is 0.221 e. The van der Waals surface area contributed by atoms with E-state index in [1.807, 2.05) is 20.8 Å². The molecular weight excluding hydrogens is 311 g/mol. The van der Waals surface area contributed by atoms with Gasteiger partial charge in [0.2, 0.25) is 5.91 Å². The first-order valence-electron chi connectivity index (χ1n) is 6.84. The predicted molar refractivity (Wildman–Crippen MR) is 86.8 cm³/mol. The Balaban J connectivity index is 2.36. The molecule has 1 aromatic carbocycles. The number of carbonyl (C=O) groups is 1. The molecule has 4 nitrogen and oxygen atoms in total. The molecular formula is C15H22Cl2N2O2. The van der Waals surface area contributed by atoms with Gasteiger partial charge in [-0.05, 0) is 39.0 Å². The normalized spacial score (nSPS) is 13.0. The number of benzene rings is 1. The minimum Gasteiger partial charge on any atom is -0.387 e. The van der Waals surface area contributed by atoms with Crippen LogP contribution in [-0.2, 0) is 4.79 Å². The summed E-state index contributed by atoms with van der Waals surface area (Å²) >= 11 is 11.9. The molecule has 0 radical (unpaired) electrons. The van der Waals surface area contributed by atoms with Crippen LogP contribution in [0.3, 0.4) is 0 Å². The van der Waals surface area contributed by atoms with E-state index in [1.54, 1.807) is 18.2 Å². The van der Waals surface area contributed by atoms with Crippen LogP contribution in [0.5, 0.6) is 0 Å². The lowest BCUT2D eigenvalue weighted by atomic mass is 10.1. The molecule has 0 heterocycles. The Morgan fingerprint density at radius 1 is 1.33 bits per heavy atom. The molecule has 0 saturated heterocycles. The molecule has 1 aromatic rings. The van der Waals surface area contributed by atoms with Gasteiger partial charge < -0.3 is 15.7 Å². The average Bonchev–Trinajstić information content (AvgIpc) is 2.35. The summed E-state index contributed by atoms with van der Waals surface area (Å²) in [6, 6.07) is 4.96. The van der Waals surface area contributed by atoms with Gasteiger partial charge in [-0.2, -0.15) is 0 Å². The second-order valence-corrected chi connectivity index (χ2v) is 6.78. The first-order chi connectivity index (χ1) is 9.69. The first-order valence-corrected chi connectivity index (χ1v) is 7.59. The van der Waals surface area contributed by atoms with Crippen molar-refractivity contribution in [2.75, 3.05) is 13.1 Å². The molecule has 0 aromatic heterocycles. The van der Waals surface area contributed by atoms with Crippen molar-refractivity contribution in [3.63, 3.8) is 0 Å². The summed E-state index contributed by atoms with van der Waals surface area (Å²) in [6.07, 6.45) is -0.408. The Labute approximate surface area is 135 Å². The molecule has 0 aliphatic carbocycles. The number of carbonyl (C=O) groups excluding carboxylic acids is 1. The van der Waals surface area contributed by atoms with Gasteiger partial charge in [0.25, 0.3) is 0 Å². The Morgan fingerprint density at radius 3 is 2.62 bits per heavy atom. The first kappa shape index (κ1) is 18.2. The number of amides is 1. The molecule has 1 rings (SSSR count). The standard InChI is InChI=1S/C15H22Cl2N2O2/c1-15(2,3)19-14(21)6-7-18-9-13(20)11-8-10(16)4-5-12(11)17/h4-5,8,13,18,20H,6-7,9H2,1-3H3,(H,19,21). The van der Waals surface area contributed by atoms with Crippen molar-refractivity contribution in [1.82, 2.24) is 10.6 Å². The Hall–Kier alpha value is -0.810. The van der Waals surface area contributed by atoms with E-state index in [1.165, 1.54) is 0 Å². The van der Waals surface area contributed by atoms with E-state index in [0.29, 0.717) is 35.1 Å². The summed E-state index contributed by atoms with van der Waals surface area (Å²) in [6.45, 7) is 6.59. The third kappa shape index (κ3) is 7.14. The molecule has 0 saturated carbocycles. The lowest BCUT2D eigenvalue weighted by Gasteiger charge is -2.20. The average molecular weight is 333 g/mol. The van der Waals surface area contributed by atoms with Crippen molar-refractivity contribution in [2.45, 2.75) is 38.8 Å². The van der Waals surface area contributed by atoms with Gasteiger partial charge in [-0.15, -0.1) is 0 Å². The number of nitrogens with one attached hydrogen (secondary N) is 2. The van der Waals surface area contributed by atoms with E-state index >= 15 is 0 Å². The summed E-state index contributed by atoms with van der Waals surface area (Å²) in [4.78, 5) is 11.6. The zero-order valence-electron chi connectivity index (χ0n) is 12.5. The van der Waals surface area contributed by atoms with Crippen molar-refractivity contribution in [3.8, 4) is 0 Å². The molecule has 0 spiro atoms. The number of halogens is 2. The Morgan fingerprint density at radius 2 is 2.00 bits per heavy atom. The molecule has 0 aliphatic heterocycles. The van der Waals surface area contributed by atoms with E-state index < -0.39 is 6.10 Å². The lowest BCUT2D eigenvalue weighted by Crippen LogP contribution is -2.41. The minimum absolute atomic E-state index is 0.0229. The second kappa shape index (κ2) is 7.99. The molecule has 0 aliphatic rings. The zero-order valence-corrected chi connectivity index (χ0v) is 14.1. The van der Waals surface area contributed by atoms with Gasteiger partial charge in [0, 0.05) is 40.7 Å². The molecule has 0 fully saturated rings. The predicted octanol–water partition coefficient (Wildman–Crippen LogP) is 2.92. The fourth-order valence-electron chi connectivity index (χ4n) is 1.80. The topological polar surface area (TPSA) is 61.4 Å². The van der Waals surface area contributed by atoms with Gasteiger partial charge in [0.05, 0.1) is 6.10 Å². The van der Waals surface area contributed by atoms with E-state index in [4.69, 9.17) is 23.2 Å². The van der Waals surface area contributed by atoms with Crippen LogP contribution in [0.4, 0.5) is 0 Å². The zero-order chi connectivity index (χ0) is 16.0. The van der Waals surface area contributed by atoms with Crippen LogP contribution in [0, 0.1) is 0 Å². The largest absolute Gasteiger partial charge is 0.387 e. The third-order valence-electron chi connectivity index (χ3n) is 2.70. The van der Waals surface area contributed by atoms with E-state index in [-0.39, 0.29) is 11.4 Å². The molecule has 118 valence electrons. The summed E-state index contributed by atoms with van der Waals surface area (Å²) in [5.74, 6) is -0.0229. The van der Waals surface area contributed by atoms with Crippen molar-refractivity contribution >= 4 is 29.1 Å². The highest BCUT2D eigenvalue weighted by atomic mass is 35.5. The van der Waals surface area contributed by atoms with Crippen LogP contribution in [0.2, 0.25) is 10.0 Å². The maximum absolute atomic E-state index is 11.6. The number of hydrogen-bond donors (Lipinski definition) is 3. The number of rotatable bonds is 6. The fraction of sp³-hybridized carbons (Fsp3) is 0.533. The van der Waals surface area contributed by atoms with Crippen LogP contribution in [-0.4, -0.2) is 29.6 Å². The summed E-state index contributed by atoms with van der Waals surface area (Å²) in [5, 5.41) is 17.0. The second-order valence-electron chi connectivity index (χ2n) is 5.93. The number of aliphatic hydroxyl groups is 1. The van der Waals surface area contributed by atoms with Crippen LogP contribution >= 0.6 is 23.2 Å². The van der Waals surface area contributed by atoms with E-state index in [0.717, 1.165) is 0 Å². The highest BCUT2D eigenvalue weighted by Crippen LogP contribution is 2.25. The molecule has 21 heavy (non-hydrogen) atoms. The highest BCUT2D eigenvalue weighted by Gasteiger charge is 2.14. The fourth-order valence-corrected chi connectivity index (χ4v) is 2.23. The quantitative estimate of drug-likeness (QED) is 0.702. The molecule has 1 unspecified atom stereocenters. The lowest BCUT2D eigenvalue weighted by molar-refractivity contribution is -0.122. The van der Waals surface area contributed by atoms with Crippen LogP contribution < -0.4 is 10.6 Å². The summed E-state index contributed by atoms with van der Waals surface area (Å²) in [5.41, 5.74) is 0.348. The van der Waals surface area contributed by atoms with Gasteiger partial charge in [-0.25, -0.2) is 0 Å². The molecule has 1 atom stereocenters.